The molecule has 2 aromatic rings. The van der Waals surface area contributed by atoms with Crippen molar-refractivity contribution in [2.45, 2.75) is 13.5 Å². The minimum Gasteiger partial charge on any atom is -0.378 e. The summed E-state index contributed by atoms with van der Waals surface area (Å²) in [6.07, 6.45) is 3.54. The van der Waals surface area contributed by atoms with Gasteiger partial charge in [-0.3, -0.25) is 9.88 Å². The number of nitrogens with zero attached hydrogens (tertiary/aromatic N) is 3. The van der Waals surface area contributed by atoms with Gasteiger partial charge in [-0.05, 0) is 30.7 Å². The fourth-order valence-corrected chi connectivity index (χ4v) is 2.59. The molecule has 1 aliphatic heterocycles. The number of pyridine rings is 1. The lowest BCUT2D eigenvalue weighted by Gasteiger charge is -2.33. The van der Waals surface area contributed by atoms with E-state index >= 15 is 0 Å². The van der Waals surface area contributed by atoms with Crippen LogP contribution in [0.3, 0.4) is 0 Å². The zero-order valence-electron chi connectivity index (χ0n) is 13.3. The van der Waals surface area contributed by atoms with Crippen LogP contribution in [0.5, 0.6) is 0 Å². The number of benzene rings is 1. The Morgan fingerprint density at radius 2 is 1.96 bits per heavy atom. The second-order valence-electron chi connectivity index (χ2n) is 5.66. The van der Waals surface area contributed by atoms with Gasteiger partial charge in [-0.1, -0.05) is 23.8 Å². The van der Waals surface area contributed by atoms with E-state index in [0.29, 0.717) is 32.8 Å². The molecule has 0 unspecified atom stereocenters. The van der Waals surface area contributed by atoms with Gasteiger partial charge >= 0.3 is 6.03 Å². The van der Waals surface area contributed by atoms with Crippen molar-refractivity contribution in [2.75, 3.05) is 31.2 Å². The van der Waals surface area contributed by atoms with E-state index in [-0.39, 0.29) is 6.03 Å². The summed E-state index contributed by atoms with van der Waals surface area (Å²) in [5.74, 6) is 0. The third-order valence-corrected chi connectivity index (χ3v) is 3.92. The number of rotatable bonds is 3. The van der Waals surface area contributed by atoms with Crippen LogP contribution in [0.4, 0.5) is 10.5 Å². The number of ether oxygens (including phenoxy) is 1. The molecule has 1 fully saturated rings. The summed E-state index contributed by atoms with van der Waals surface area (Å²) in [7, 11) is 0. The maximum Gasteiger partial charge on any atom is 0.324 e. The fourth-order valence-electron chi connectivity index (χ4n) is 2.59. The molecule has 0 spiro atoms. The summed E-state index contributed by atoms with van der Waals surface area (Å²) >= 11 is 0. The number of aromatic nitrogens is 1. The lowest BCUT2D eigenvalue weighted by Crippen LogP contribution is -2.48. The number of carbonyl (C=O) groups excluding carboxylic acids is 1. The van der Waals surface area contributed by atoms with Crippen molar-refractivity contribution < 1.29 is 9.53 Å². The van der Waals surface area contributed by atoms with E-state index in [4.69, 9.17) is 4.74 Å². The highest BCUT2D eigenvalue weighted by Crippen LogP contribution is 2.20. The molecule has 0 bridgehead atoms. The molecule has 2 amide bonds. The van der Waals surface area contributed by atoms with Gasteiger partial charge in [0.1, 0.15) is 0 Å². The van der Waals surface area contributed by atoms with Crippen LogP contribution in [-0.4, -0.2) is 42.2 Å². The minimum atomic E-state index is 0.0148. The summed E-state index contributed by atoms with van der Waals surface area (Å²) < 4.78 is 5.35. The second kappa shape index (κ2) is 7.24. The molecule has 5 nitrogen and oxygen atoms in total. The molecule has 1 aliphatic rings. The van der Waals surface area contributed by atoms with Gasteiger partial charge in [-0.25, -0.2) is 4.79 Å². The smallest absolute Gasteiger partial charge is 0.324 e. The Bertz CT molecular complexity index is 637. The van der Waals surface area contributed by atoms with Crippen molar-refractivity contribution in [1.82, 2.24) is 9.88 Å². The fraction of sp³-hybridized carbons (Fsp3) is 0.333. The van der Waals surface area contributed by atoms with Gasteiger partial charge in [0, 0.05) is 31.2 Å². The van der Waals surface area contributed by atoms with Crippen molar-refractivity contribution in [3.63, 3.8) is 0 Å². The van der Waals surface area contributed by atoms with Gasteiger partial charge in [-0.2, -0.15) is 0 Å². The SMILES string of the molecule is Cc1ccc(N(Cc2cccnc2)C(=O)N2CCOCC2)cc1. The van der Waals surface area contributed by atoms with Crippen molar-refractivity contribution in [1.29, 1.82) is 0 Å². The van der Waals surface area contributed by atoms with Crippen LogP contribution < -0.4 is 4.90 Å². The molecule has 3 rings (SSSR count). The third kappa shape index (κ3) is 3.87. The Hall–Kier alpha value is -2.40. The Balaban J connectivity index is 1.85. The lowest BCUT2D eigenvalue weighted by atomic mass is 10.2. The molecular weight excluding hydrogens is 290 g/mol. The number of amides is 2. The summed E-state index contributed by atoms with van der Waals surface area (Å²) in [5.41, 5.74) is 3.08. The summed E-state index contributed by atoms with van der Waals surface area (Å²) in [6, 6.07) is 11.9. The molecule has 0 saturated carbocycles. The number of urea groups is 1. The highest BCUT2D eigenvalue weighted by Gasteiger charge is 2.24. The van der Waals surface area contributed by atoms with Gasteiger partial charge in [0.25, 0.3) is 0 Å². The average Bonchev–Trinajstić information content (AvgIpc) is 2.62. The van der Waals surface area contributed by atoms with Crippen LogP contribution in [0.2, 0.25) is 0 Å². The van der Waals surface area contributed by atoms with E-state index in [1.807, 2.05) is 53.1 Å². The lowest BCUT2D eigenvalue weighted by molar-refractivity contribution is 0.0548. The molecular formula is C18H21N3O2. The normalized spacial score (nSPS) is 14.6. The monoisotopic (exact) mass is 311 g/mol. The van der Waals surface area contributed by atoms with Crippen LogP contribution in [0.25, 0.3) is 0 Å². The van der Waals surface area contributed by atoms with Crippen molar-refractivity contribution in [3.05, 3.63) is 59.9 Å². The van der Waals surface area contributed by atoms with Crippen molar-refractivity contribution in [2.24, 2.45) is 0 Å². The Kier molecular flexibility index (Phi) is 4.88. The summed E-state index contributed by atoms with van der Waals surface area (Å²) in [5, 5.41) is 0. The Morgan fingerprint density at radius 3 is 2.61 bits per heavy atom. The predicted molar refractivity (Wildman–Crippen MR) is 89.4 cm³/mol. The van der Waals surface area contributed by atoms with Gasteiger partial charge < -0.3 is 9.64 Å². The zero-order valence-corrected chi connectivity index (χ0v) is 13.3. The number of hydrogen-bond acceptors (Lipinski definition) is 3. The van der Waals surface area contributed by atoms with E-state index < -0.39 is 0 Å². The van der Waals surface area contributed by atoms with Gasteiger partial charge in [0.05, 0.1) is 19.8 Å². The predicted octanol–water partition coefficient (Wildman–Crippen LogP) is 2.85. The van der Waals surface area contributed by atoms with Crippen LogP contribution in [0.15, 0.2) is 48.8 Å². The van der Waals surface area contributed by atoms with Gasteiger partial charge in [-0.15, -0.1) is 0 Å². The molecule has 0 N–H and O–H groups in total. The van der Waals surface area contributed by atoms with Crippen LogP contribution >= 0.6 is 0 Å². The van der Waals surface area contributed by atoms with E-state index in [9.17, 15) is 4.79 Å². The second-order valence-corrected chi connectivity index (χ2v) is 5.66. The standard InChI is InChI=1S/C18H21N3O2/c1-15-4-6-17(7-5-15)21(14-16-3-2-8-19-13-16)18(22)20-9-11-23-12-10-20/h2-8,13H,9-12,14H2,1H3. The number of morpholine rings is 1. The van der Waals surface area contributed by atoms with E-state index in [0.717, 1.165) is 11.3 Å². The first-order chi connectivity index (χ1) is 11.2. The molecule has 23 heavy (non-hydrogen) atoms. The molecule has 0 radical (unpaired) electrons. The molecule has 1 saturated heterocycles. The quantitative estimate of drug-likeness (QED) is 0.875. The zero-order chi connectivity index (χ0) is 16.1. The van der Waals surface area contributed by atoms with Crippen LogP contribution in [-0.2, 0) is 11.3 Å². The van der Waals surface area contributed by atoms with E-state index in [1.54, 1.807) is 12.4 Å². The minimum absolute atomic E-state index is 0.0148. The van der Waals surface area contributed by atoms with Gasteiger partial charge in [0.2, 0.25) is 0 Å². The van der Waals surface area contributed by atoms with E-state index in [2.05, 4.69) is 4.98 Å². The maximum absolute atomic E-state index is 13.0. The Labute approximate surface area is 136 Å². The van der Waals surface area contributed by atoms with Crippen molar-refractivity contribution >= 4 is 11.7 Å². The third-order valence-electron chi connectivity index (χ3n) is 3.92. The largest absolute Gasteiger partial charge is 0.378 e. The maximum atomic E-state index is 13.0. The summed E-state index contributed by atoms with van der Waals surface area (Å²) in [4.78, 5) is 20.8. The van der Waals surface area contributed by atoms with E-state index in [1.165, 1.54) is 5.56 Å². The Morgan fingerprint density at radius 1 is 1.22 bits per heavy atom. The molecule has 5 heteroatoms. The number of hydrogen-bond donors (Lipinski definition) is 0. The molecule has 2 heterocycles. The first-order valence-corrected chi connectivity index (χ1v) is 7.84. The average molecular weight is 311 g/mol. The van der Waals surface area contributed by atoms with Crippen LogP contribution in [0, 0.1) is 6.92 Å². The summed E-state index contributed by atoms with van der Waals surface area (Å²) in [6.45, 7) is 5.01. The molecule has 0 atom stereocenters. The topological polar surface area (TPSA) is 45.7 Å². The van der Waals surface area contributed by atoms with Crippen LogP contribution in [0.1, 0.15) is 11.1 Å². The molecule has 1 aromatic heterocycles. The number of carbonyl (C=O) groups is 1. The van der Waals surface area contributed by atoms with Gasteiger partial charge in [0.15, 0.2) is 0 Å². The highest BCUT2D eigenvalue weighted by atomic mass is 16.5. The first kappa shape index (κ1) is 15.5. The number of aryl methyl sites for hydroxylation is 1. The number of anilines is 1. The molecule has 0 aliphatic carbocycles. The molecule has 120 valence electrons. The highest BCUT2D eigenvalue weighted by molar-refractivity contribution is 5.92. The molecule has 1 aromatic carbocycles. The first-order valence-electron chi connectivity index (χ1n) is 7.84. The van der Waals surface area contributed by atoms with Crippen molar-refractivity contribution in [3.8, 4) is 0 Å².